The van der Waals surface area contributed by atoms with Crippen LogP contribution in [0.1, 0.15) is 52.0 Å². The Bertz CT molecular complexity index is 843. The van der Waals surface area contributed by atoms with Crippen LogP contribution in [0.4, 0.5) is 5.69 Å². The number of nitrogens with zero attached hydrogens (tertiary/aromatic N) is 1. The largest absolute Gasteiger partial charge is 0.494 e. The van der Waals surface area contributed by atoms with Crippen LogP contribution < -0.4 is 19.1 Å². The van der Waals surface area contributed by atoms with E-state index in [1.165, 1.54) is 0 Å². The number of rotatable bonds is 10. The van der Waals surface area contributed by atoms with Crippen molar-refractivity contribution in [2.24, 2.45) is 0 Å². The zero-order chi connectivity index (χ0) is 21.7. The maximum absolute atomic E-state index is 11.3. The van der Waals surface area contributed by atoms with Crippen molar-refractivity contribution in [3.63, 3.8) is 0 Å². The number of hydrogen-bond donors (Lipinski definition) is 0. The smallest absolute Gasteiger partial charge is 0.145 e. The molecule has 0 spiro atoms. The van der Waals surface area contributed by atoms with Crippen molar-refractivity contribution >= 4 is 11.5 Å². The van der Waals surface area contributed by atoms with Gasteiger partial charge in [0.25, 0.3) is 0 Å². The molecule has 1 unspecified atom stereocenters. The molecule has 0 N–H and O–H groups in total. The fraction of sp³-hybridized carbons (Fsp3) is 0.480. The minimum absolute atomic E-state index is 0.145. The summed E-state index contributed by atoms with van der Waals surface area (Å²) in [6.07, 6.45) is 1.86. The summed E-state index contributed by atoms with van der Waals surface area (Å²) in [5.74, 6) is 2.96. The number of benzene rings is 2. The molecule has 1 aliphatic rings. The second kappa shape index (κ2) is 9.88. The molecular formula is C25H33NO4. The Morgan fingerprint density at radius 1 is 1.10 bits per heavy atom. The first-order chi connectivity index (χ1) is 14.4. The average Bonchev–Trinajstić information content (AvgIpc) is 2.70. The monoisotopic (exact) mass is 411 g/mol. The minimum Gasteiger partial charge on any atom is -0.494 e. The molecule has 3 rings (SSSR count). The Morgan fingerprint density at radius 3 is 2.37 bits per heavy atom. The topological polar surface area (TPSA) is 48.0 Å². The fourth-order valence-corrected chi connectivity index (χ4v) is 3.63. The van der Waals surface area contributed by atoms with Crippen LogP contribution in [0.2, 0.25) is 0 Å². The predicted octanol–water partition coefficient (Wildman–Crippen LogP) is 5.22. The molecule has 2 aromatic carbocycles. The van der Waals surface area contributed by atoms with Gasteiger partial charge < -0.3 is 23.9 Å². The highest BCUT2D eigenvalue weighted by Gasteiger charge is 2.30. The van der Waals surface area contributed by atoms with E-state index in [2.05, 4.69) is 43.9 Å². The van der Waals surface area contributed by atoms with Crippen molar-refractivity contribution in [3.8, 4) is 17.2 Å². The van der Waals surface area contributed by atoms with E-state index >= 15 is 0 Å². The molecule has 1 saturated heterocycles. The van der Waals surface area contributed by atoms with Crippen molar-refractivity contribution < 1.29 is 19.0 Å². The van der Waals surface area contributed by atoms with Crippen LogP contribution >= 0.6 is 0 Å². The first-order valence-electron chi connectivity index (χ1n) is 10.7. The van der Waals surface area contributed by atoms with Gasteiger partial charge in [-0.25, -0.2) is 0 Å². The first kappa shape index (κ1) is 22.0. The normalized spacial score (nSPS) is 15.8. The number of Topliss-reactive ketones (excluding diaryl/α,β-unsaturated/α-hetero) is 1. The third-order valence-electron chi connectivity index (χ3n) is 5.60. The summed E-state index contributed by atoms with van der Waals surface area (Å²) >= 11 is 0. The summed E-state index contributed by atoms with van der Waals surface area (Å²) in [7, 11) is 1.69. The van der Waals surface area contributed by atoms with Gasteiger partial charge in [0.2, 0.25) is 0 Å². The Morgan fingerprint density at radius 2 is 1.77 bits per heavy atom. The number of ketones is 1. The minimum atomic E-state index is 0.145. The maximum Gasteiger partial charge on any atom is 0.145 e. The lowest BCUT2D eigenvalue weighted by molar-refractivity contribution is -0.117. The highest BCUT2D eigenvalue weighted by molar-refractivity contribution is 5.76. The van der Waals surface area contributed by atoms with E-state index in [9.17, 15) is 4.79 Å². The number of methoxy groups -OCH3 is 1. The van der Waals surface area contributed by atoms with E-state index in [0.717, 1.165) is 48.0 Å². The van der Waals surface area contributed by atoms with Gasteiger partial charge in [-0.3, -0.25) is 0 Å². The Hall–Kier alpha value is -2.69. The van der Waals surface area contributed by atoms with Gasteiger partial charge in [0.1, 0.15) is 29.1 Å². The van der Waals surface area contributed by atoms with Gasteiger partial charge in [-0.05, 0) is 56.0 Å². The number of ether oxygens (including phenoxy) is 3. The highest BCUT2D eigenvalue weighted by Crippen LogP contribution is 2.36. The van der Waals surface area contributed by atoms with Crippen molar-refractivity contribution in [1.82, 2.24) is 0 Å². The van der Waals surface area contributed by atoms with E-state index < -0.39 is 0 Å². The summed E-state index contributed by atoms with van der Waals surface area (Å²) in [4.78, 5) is 13.6. The molecule has 0 saturated carbocycles. The molecule has 30 heavy (non-hydrogen) atoms. The van der Waals surface area contributed by atoms with Crippen LogP contribution in [0.3, 0.4) is 0 Å². The summed E-state index contributed by atoms with van der Waals surface area (Å²) < 4.78 is 17.6. The van der Waals surface area contributed by atoms with E-state index in [1.54, 1.807) is 14.0 Å². The molecular weight excluding hydrogens is 378 g/mol. The maximum atomic E-state index is 11.3. The van der Waals surface area contributed by atoms with Crippen molar-refractivity contribution in [1.29, 1.82) is 0 Å². The third kappa shape index (κ3) is 5.47. The van der Waals surface area contributed by atoms with Crippen LogP contribution in [-0.2, 0) is 4.79 Å². The Labute approximate surface area is 179 Å². The molecule has 162 valence electrons. The zero-order valence-electron chi connectivity index (χ0n) is 18.7. The second-order valence-electron chi connectivity index (χ2n) is 8.19. The lowest BCUT2D eigenvalue weighted by atomic mass is 9.96. The predicted molar refractivity (Wildman–Crippen MR) is 120 cm³/mol. The molecule has 5 nitrogen and oxygen atoms in total. The number of carbonyl (C=O) groups is 1. The molecule has 0 radical (unpaired) electrons. The molecule has 0 aromatic heterocycles. The second-order valence-corrected chi connectivity index (χ2v) is 8.19. The van der Waals surface area contributed by atoms with Gasteiger partial charge in [0.15, 0.2) is 0 Å². The SMILES string of the molecule is CCC(C)Oc1ccc(N2CC(Oc3ccc([C@H](C)CC(C)=O)cc3)C2)c(OC)c1. The highest BCUT2D eigenvalue weighted by atomic mass is 16.5. The number of anilines is 1. The fourth-order valence-electron chi connectivity index (χ4n) is 3.63. The van der Waals surface area contributed by atoms with Crippen LogP contribution in [0.25, 0.3) is 0 Å². The average molecular weight is 412 g/mol. The summed E-state index contributed by atoms with van der Waals surface area (Å²) in [6.45, 7) is 9.51. The lowest BCUT2D eigenvalue weighted by Gasteiger charge is -2.41. The van der Waals surface area contributed by atoms with Crippen LogP contribution in [-0.4, -0.2) is 38.2 Å². The van der Waals surface area contributed by atoms with Crippen molar-refractivity contribution in [3.05, 3.63) is 48.0 Å². The van der Waals surface area contributed by atoms with Gasteiger partial charge in [-0.1, -0.05) is 26.0 Å². The summed E-state index contributed by atoms with van der Waals surface area (Å²) in [6, 6.07) is 14.1. The Kier molecular flexibility index (Phi) is 7.24. The van der Waals surface area contributed by atoms with Gasteiger partial charge >= 0.3 is 0 Å². The van der Waals surface area contributed by atoms with Gasteiger partial charge in [-0.15, -0.1) is 0 Å². The van der Waals surface area contributed by atoms with Gasteiger partial charge in [-0.2, -0.15) is 0 Å². The first-order valence-corrected chi connectivity index (χ1v) is 10.7. The van der Waals surface area contributed by atoms with Crippen LogP contribution in [0.5, 0.6) is 17.2 Å². The molecule has 2 atom stereocenters. The number of carbonyl (C=O) groups excluding carboxylic acids is 1. The molecule has 2 aromatic rings. The molecule has 0 amide bonds. The Balaban J connectivity index is 1.55. The molecule has 0 aliphatic carbocycles. The van der Waals surface area contributed by atoms with Crippen LogP contribution in [0.15, 0.2) is 42.5 Å². The van der Waals surface area contributed by atoms with Crippen LogP contribution in [0, 0.1) is 0 Å². The number of hydrogen-bond acceptors (Lipinski definition) is 5. The molecule has 0 bridgehead atoms. The molecule has 1 heterocycles. The van der Waals surface area contributed by atoms with Gasteiger partial charge in [0, 0.05) is 12.5 Å². The lowest BCUT2D eigenvalue weighted by Crippen LogP contribution is -2.54. The van der Waals surface area contributed by atoms with Crippen molar-refractivity contribution in [2.45, 2.75) is 58.7 Å². The van der Waals surface area contributed by atoms with Crippen molar-refractivity contribution in [2.75, 3.05) is 25.1 Å². The standard InChI is InChI=1S/C25H33NO4/c1-6-19(4)29-22-11-12-24(25(14-22)28-5)26-15-23(16-26)30-21-9-7-20(8-10-21)17(2)13-18(3)27/h7-12,14,17,19,23H,6,13,15-16H2,1-5H3/t17-,19?/m1/s1. The zero-order valence-corrected chi connectivity index (χ0v) is 18.7. The summed E-state index contributed by atoms with van der Waals surface area (Å²) in [5, 5.41) is 0. The molecule has 1 fully saturated rings. The van der Waals surface area contributed by atoms with E-state index in [0.29, 0.717) is 6.42 Å². The van der Waals surface area contributed by atoms with E-state index in [1.807, 2.05) is 24.3 Å². The van der Waals surface area contributed by atoms with E-state index in [-0.39, 0.29) is 23.9 Å². The molecule has 1 aliphatic heterocycles. The quantitative estimate of drug-likeness (QED) is 0.536. The van der Waals surface area contributed by atoms with Gasteiger partial charge in [0.05, 0.1) is 32.0 Å². The third-order valence-corrected chi connectivity index (χ3v) is 5.60. The summed E-state index contributed by atoms with van der Waals surface area (Å²) in [5.41, 5.74) is 2.22. The van der Waals surface area contributed by atoms with E-state index in [4.69, 9.17) is 14.2 Å². The molecule has 5 heteroatoms.